The van der Waals surface area contributed by atoms with Gasteiger partial charge in [0.05, 0.1) is 11.6 Å². The van der Waals surface area contributed by atoms with E-state index in [1.165, 1.54) is 36.0 Å². The van der Waals surface area contributed by atoms with E-state index in [-0.39, 0.29) is 5.60 Å². The Kier molecular flexibility index (Phi) is 5.22. The number of hydrogen-bond donors (Lipinski definition) is 1. The molecule has 0 saturated heterocycles. The van der Waals surface area contributed by atoms with Crippen LogP contribution in [-0.2, 0) is 4.74 Å². The number of ether oxygens (including phenoxy) is 1. The Balaban J connectivity index is 2.38. The van der Waals surface area contributed by atoms with E-state index in [4.69, 9.17) is 4.74 Å². The van der Waals surface area contributed by atoms with Gasteiger partial charge >= 0.3 is 0 Å². The van der Waals surface area contributed by atoms with E-state index in [9.17, 15) is 0 Å². The van der Waals surface area contributed by atoms with Crippen molar-refractivity contribution in [1.29, 1.82) is 0 Å². The highest BCUT2D eigenvalue weighted by Gasteiger charge is 2.40. The SMILES string of the molecule is CCNC(c1ccc(C)cc1C)C1(OC)CCCCC1. The lowest BCUT2D eigenvalue weighted by molar-refractivity contribution is -0.0685. The van der Waals surface area contributed by atoms with Gasteiger partial charge in [0.25, 0.3) is 0 Å². The Morgan fingerprint density at radius 1 is 1.20 bits per heavy atom. The van der Waals surface area contributed by atoms with Crippen molar-refractivity contribution in [2.75, 3.05) is 13.7 Å². The molecule has 0 aliphatic heterocycles. The largest absolute Gasteiger partial charge is 0.376 e. The average Bonchev–Trinajstić information content (AvgIpc) is 2.46. The van der Waals surface area contributed by atoms with Gasteiger partial charge < -0.3 is 10.1 Å². The van der Waals surface area contributed by atoms with E-state index >= 15 is 0 Å². The maximum absolute atomic E-state index is 6.07. The van der Waals surface area contributed by atoms with Gasteiger partial charge in [-0.1, -0.05) is 49.9 Å². The molecule has 2 heteroatoms. The first kappa shape index (κ1) is 15.5. The summed E-state index contributed by atoms with van der Waals surface area (Å²) in [6, 6.07) is 7.09. The van der Waals surface area contributed by atoms with Crippen molar-refractivity contribution in [3.63, 3.8) is 0 Å². The summed E-state index contributed by atoms with van der Waals surface area (Å²) in [5.74, 6) is 0. The number of aryl methyl sites for hydroxylation is 2. The molecule has 1 saturated carbocycles. The Bertz CT molecular complexity index is 435. The van der Waals surface area contributed by atoms with Crippen molar-refractivity contribution in [1.82, 2.24) is 5.32 Å². The number of rotatable bonds is 5. The van der Waals surface area contributed by atoms with Crippen molar-refractivity contribution < 1.29 is 4.74 Å². The van der Waals surface area contributed by atoms with Crippen molar-refractivity contribution >= 4 is 0 Å². The maximum Gasteiger partial charge on any atom is 0.0872 e. The molecule has 1 unspecified atom stereocenters. The van der Waals surface area contributed by atoms with Gasteiger partial charge in [0.15, 0.2) is 0 Å². The maximum atomic E-state index is 6.07. The molecule has 1 aliphatic carbocycles. The molecule has 0 heterocycles. The van der Waals surface area contributed by atoms with Crippen molar-refractivity contribution in [2.24, 2.45) is 0 Å². The predicted molar refractivity (Wildman–Crippen MR) is 85.2 cm³/mol. The molecule has 0 spiro atoms. The number of likely N-dealkylation sites (N-methyl/N-ethyl adjacent to an activating group) is 1. The first-order chi connectivity index (χ1) is 9.63. The molecular weight excluding hydrogens is 246 g/mol. The fourth-order valence-electron chi connectivity index (χ4n) is 3.69. The molecular formula is C18H29NO. The summed E-state index contributed by atoms with van der Waals surface area (Å²) in [6.07, 6.45) is 6.22. The molecule has 1 aliphatic rings. The normalized spacial score (nSPS) is 19.8. The fraction of sp³-hybridized carbons (Fsp3) is 0.667. The van der Waals surface area contributed by atoms with Gasteiger partial charge in [0, 0.05) is 7.11 Å². The Morgan fingerprint density at radius 2 is 1.90 bits per heavy atom. The second kappa shape index (κ2) is 6.73. The smallest absolute Gasteiger partial charge is 0.0872 e. The summed E-state index contributed by atoms with van der Waals surface area (Å²) in [7, 11) is 1.89. The van der Waals surface area contributed by atoms with Crippen LogP contribution >= 0.6 is 0 Å². The van der Waals surface area contributed by atoms with Crippen LogP contribution in [0.5, 0.6) is 0 Å². The lowest BCUT2D eigenvalue weighted by Crippen LogP contribution is -2.47. The van der Waals surface area contributed by atoms with E-state index in [0.29, 0.717) is 6.04 Å². The fourth-order valence-corrected chi connectivity index (χ4v) is 3.69. The second-order valence-electron chi connectivity index (χ2n) is 6.18. The van der Waals surface area contributed by atoms with Gasteiger partial charge in [-0.2, -0.15) is 0 Å². The third-order valence-electron chi connectivity index (χ3n) is 4.78. The average molecular weight is 275 g/mol. The third-order valence-corrected chi connectivity index (χ3v) is 4.78. The summed E-state index contributed by atoms with van der Waals surface area (Å²) < 4.78 is 6.07. The zero-order valence-corrected chi connectivity index (χ0v) is 13.5. The van der Waals surface area contributed by atoms with Crippen LogP contribution in [-0.4, -0.2) is 19.3 Å². The summed E-state index contributed by atoms with van der Waals surface area (Å²) in [5.41, 5.74) is 4.07. The summed E-state index contributed by atoms with van der Waals surface area (Å²) in [5, 5.41) is 3.70. The summed E-state index contributed by atoms with van der Waals surface area (Å²) >= 11 is 0. The van der Waals surface area contributed by atoms with Crippen molar-refractivity contribution in [3.05, 3.63) is 34.9 Å². The predicted octanol–water partition coefficient (Wildman–Crippen LogP) is 4.30. The number of hydrogen-bond acceptors (Lipinski definition) is 2. The minimum atomic E-state index is -0.0335. The molecule has 1 aromatic rings. The van der Waals surface area contributed by atoms with Crippen LogP contribution in [0.4, 0.5) is 0 Å². The molecule has 0 bridgehead atoms. The Morgan fingerprint density at radius 3 is 2.45 bits per heavy atom. The molecule has 20 heavy (non-hydrogen) atoms. The second-order valence-corrected chi connectivity index (χ2v) is 6.18. The zero-order valence-electron chi connectivity index (χ0n) is 13.5. The number of methoxy groups -OCH3 is 1. The first-order valence-electron chi connectivity index (χ1n) is 7.98. The number of benzene rings is 1. The van der Waals surface area contributed by atoms with E-state index in [1.807, 2.05) is 7.11 Å². The van der Waals surface area contributed by atoms with Crippen LogP contribution < -0.4 is 5.32 Å². The summed E-state index contributed by atoms with van der Waals surface area (Å²) in [4.78, 5) is 0. The number of nitrogens with one attached hydrogen (secondary N) is 1. The molecule has 1 aromatic carbocycles. The molecule has 0 amide bonds. The van der Waals surface area contributed by atoms with Crippen molar-refractivity contribution in [2.45, 2.75) is 64.5 Å². The van der Waals surface area contributed by atoms with Gasteiger partial charge in [-0.05, 0) is 44.4 Å². The van der Waals surface area contributed by atoms with Gasteiger partial charge in [-0.15, -0.1) is 0 Å². The van der Waals surface area contributed by atoms with E-state index in [1.54, 1.807) is 0 Å². The molecule has 2 nitrogen and oxygen atoms in total. The molecule has 112 valence electrons. The Hall–Kier alpha value is -0.860. The highest BCUT2D eigenvalue weighted by atomic mass is 16.5. The lowest BCUT2D eigenvalue weighted by atomic mass is 9.75. The van der Waals surface area contributed by atoms with Gasteiger partial charge in [0.2, 0.25) is 0 Å². The third kappa shape index (κ3) is 3.07. The van der Waals surface area contributed by atoms with E-state index in [0.717, 1.165) is 19.4 Å². The molecule has 1 atom stereocenters. The highest BCUT2D eigenvalue weighted by molar-refractivity contribution is 5.34. The molecule has 0 aromatic heterocycles. The lowest BCUT2D eigenvalue weighted by Gasteiger charge is -2.43. The highest BCUT2D eigenvalue weighted by Crippen LogP contribution is 2.42. The monoisotopic (exact) mass is 275 g/mol. The van der Waals surface area contributed by atoms with Crippen LogP contribution in [0.3, 0.4) is 0 Å². The molecule has 0 radical (unpaired) electrons. The summed E-state index contributed by atoms with van der Waals surface area (Å²) in [6.45, 7) is 7.54. The standard InChI is InChI=1S/C18H29NO/c1-5-19-17(16-10-9-14(2)13-15(16)3)18(20-4)11-7-6-8-12-18/h9-10,13,17,19H,5-8,11-12H2,1-4H3. The Labute approximate surface area is 123 Å². The van der Waals surface area contributed by atoms with Gasteiger partial charge in [0.1, 0.15) is 0 Å². The molecule has 1 fully saturated rings. The van der Waals surface area contributed by atoms with Crippen LogP contribution in [0.1, 0.15) is 61.8 Å². The van der Waals surface area contributed by atoms with Gasteiger partial charge in [-0.3, -0.25) is 0 Å². The molecule has 1 N–H and O–H groups in total. The van der Waals surface area contributed by atoms with Crippen LogP contribution in [0.15, 0.2) is 18.2 Å². The van der Waals surface area contributed by atoms with Crippen LogP contribution in [0.2, 0.25) is 0 Å². The minimum absolute atomic E-state index is 0.0335. The van der Waals surface area contributed by atoms with Gasteiger partial charge in [-0.25, -0.2) is 0 Å². The quantitative estimate of drug-likeness (QED) is 0.865. The van der Waals surface area contributed by atoms with Crippen LogP contribution in [0, 0.1) is 13.8 Å². The van der Waals surface area contributed by atoms with Crippen molar-refractivity contribution in [3.8, 4) is 0 Å². The zero-order chi connectivity index (χ0) is 14.6. The topological polar surface area (TPSA) is 21.3 Å². The van der Waals surface area contributed by atoms with E-state index in [2.05, 4.69) is 44.3 Å². The molecule has 2 rings (SSSR count). The van der Waals surface area contributed by atoms with Crippen LogP contribution in [0.25, 0.3) is 0 Å². The minimum Gasteiger partial charge on any atom is -0.376 e. The first-order valence-corrected chi connectivity index (χ1v) is 7.98. The van der Waals surface area contributed by atoms with E-state index < -0.39 is 0 Å².